The van der Waals surface area contributed by atoms with Gasteiger partial charge in [0.25, 0.3) is 0 Å². The van der Waals surface area contributed by atoms with Crippen LogP contribution in [-0.2, 0) is 6.54 Å². The molecule has 0 fully saturated rings. The highest BCUT2D eigenvalue weighted by molar-refractivity contribution is 5.91. The first-order chi connectivity index (χ1) is 15.2. The molecular formula is C25H28N4O2. The van der Waals surface area contributed by atoms with Gasteiger partial charge in [0.05, 0.1) is 18.3 Å². The van der Waals surface area contributed by atoms with Crippen LogP contribution in [0.25, 0.3) is 10.9 Å². The molecule has 0 spiro atoms. The van der Waals surface area contributed by atoms with E-state index in [4.69, 9.17) is 9.15 Å². The van der Waals surface area contributed by atoms with Gasteiger partial charge in [0, 0.05) is 55.7 Å². The summed E-state index contributed by atoms with van der Waals surface area (Å²) in [5.74, 6) is 2.54. The Hall–Kier alpha value is -3.51. The predicted molar refractivity (Wildman–Crippen MR) is 126 cm³/mol. The Morgan fingerprint density at radius 3 is 2.71 bits per heavy atom. The summed E-state index contributed by atoms with van der Waals surface area (Å²) in [4.78, 5) is 6.58. The first-order valence-electron chi connectivity index (χ1n) is 10.5. The van der Waals surface area contributed by atoms with Gasteiger partial charge >= 0.3 is 0 Å². The lowest BCUT2D eigenvalue weighted by Crippen LogP contribution is -2.17. The maximum absolute atomic E-state index is 6.07. The second kappa shape index (κ2) is 10.00. The number of hydrogen-bond donors (Lipinski definition) is 2. The van der Waals surface area contributed by atoms with E-state index in [-0.39, 0.29) is 0 Å². The zero-order valence-corrected chi connectivity index (χ0v) is 18.0. The number of ether oxygens (including phenoxy) is 1. The molecule has 0 aliphatic rings. The van der Waals surface area contributed by atoms with Crippen LogP contribution in [0.3, 0.4) is 0 Å². The zero-order chi connectivity index (χ0) is 21.5. The maximum atomic E-state index is 6.07. The zero-order valence-electron chi connectivity index (χ0n) is 18.0. The molecule has 0 saturated carbocycles. The topological polar surface area (TPSA) is 62.6 Å². The lowest BCUT2D eigenvalue weighted by molar-refractivity contribution is 0.482. The highest BCUT2D eigenvalue weighted by atomic mass is 16.5. The molecule has 0 radical (unpaired) electrons. The fraction of sp³-hybridized carbons (Fsp3) is 0.240. The Morgan fingerprint density at radius 1 is 0.968 bits per heavy atom. The van der Waals surface area contributed by atoms with Crippen LogP contribution in [0.5, 0.6) is 11.5 Å². The average Bonchev–Trinajstić information content (AvgIpc) is 3.30. The number of aromatic nitrogens is 1. The number of pyridine rings is 1. The standard InChI is InChI=1S/C25H28N4O2/c1-29(2)19-6-3-7-20(16-19)31-21-9-10-23-24(11-14-28-25(23)17-21)27-13-5-12-26-18-22-8-4-15-30-22/h3-4,6-11,14-17,26H,5,12-13,18H2,1-2H3,(H,27,28). The van der Waals surface area contributed by atoms with E-state index < -0.39 is 0 Å². The molecule has 2 heterocycles. The van der Waals surface area contributed by atoms with Gasteiger partial charge in [-0.1, -0.05) is 6.07 Å². The third kappa shape index (κ3) is 5.55. The van der Waals surface area contributed by atoms with E-state index in [2.05, 4.69) is 32.7 Å². The summed E-state index contributed by atoms with van der Waals surface area (Å²) in [5, 5.41) is 7.99. The van der Waals surface area contributed by atoms with Crippen molar-refractivity contribution in [2.75, 3.05) is 37.4 Å². The Labute approximate surface area is 182 Å². The molecule has 2 aromatic heterocycles. The molecule has 0 aliphatic heterocycles. The Balaban J connectivity index is 1.34. The number of benzene rings is 2. The molecule has 0 unspecified atom stereocenters. The minimum atomic E-state index is 0.755. The van der Waals surface area contributed by atoms with E-state index in [1.807, 2.05) is 68.8 Å². The van der Waals surface area contributed by atoms with Gasteiger partial charge in [-0.2, -0.15) is 0 Å². The number of anilines is 2. The Kier molecular flexibility index (Phi) is 6.69. The number of nitrogens with zero attached hydrogens (tertiary/aromatic N) is 2. The first kappa shape index (κ1) is 20.8. The second-order valence-corrected chi connectivity index (χ2v) is 7.57. The van der Waals surface area contributed by atoms with Crippen molar-refractivity contribution in [1.82, 2.24) is 10.3 Å². The number of rotatable bonds is 10. The van der Waals surface area contributed by atoms with Gasteiger partial charge in [-0.15, -0.1) is 0 Å². The summed E-state index contributed by atoms with van der Waals surface area (Å²) in [6.07, 6.45) is 4.54. The van der Waals surface area contributed by atoms with Crippen molar-refractivity contribution in [2.24, 2.45) is 0 Å². The van der Waals surface area contributed by atoms with Crippen LogP contribution >= 0.6 is 0 Å². The molecule has 31 heavy (non-hydrogen) atoms. The van der Waals surface area contributed by atoms with Gasteiger partial charge in [0.1, 0.15) is 17.3 Å². The maximum Gasteiger partial charge on any atom is 0.129 e. The molecule has 0 bridgehead atoms. The van der Waals surface area contributed by atoms with Crippen molar-refractivity contribution in [3.63, 3.8) is 0 Å². The van der Waals surface area contributed by atoms with Crippen LogP contribution < -0.4 is 20.3 Å². The molecule has 4 rings (SSSR count). The summed E-state index contributed by atoms with van der Waals surface area (Å²) in [5.41, 5.74) is 3.08. The summed E-state index contributed by atoms with van der Waals surface area (Å²) in [6.45, 7) is 2.55. The lowest BCUT2D eigenvalue weighted by atomic mass is 10.1. The SMILES string of the molecule is CN(C)c1cccc(Oc2ccc3c(NCCCNCc4ccco4)ccnc3c2)c1. The Bertz CT molecular complexity index is 1110. The lowest BCUT2D eigenvalue weighted by Gasteiger charge is -2.14. The first-order valence-corrected chi connectivity index (χ1v) is 10.5. The predicted octanol–water partition coefficient (Wildman–Crippen LogP) is 5.28. The normalized spacial score (nSPS) is 10.9. The van der Waals surface area contributed by atoms with E-state index in [1.165, 1.54) is 0 Å². The minimum absolute atomic E-state index is 0.755. The summed E-state index contributed by atoms with van der Waals surface area (Å²) < 4.78 is 11.4. The van der Waals surface area contributed by atoms with Crippen LogP contribution in [0.2, 0.25) is 0 Å². The van der Waals surface area contributed by atoms with Crippen molar-refractivity contribution in [3.05, 3.63) is 78.9 Å². The van der Waals surface area contributed by atoms with Crippen molar-refractivity contribution in [3.8, 4) is 11.5 Å². The van der Waals surface area contributed by atoms with Gasteiger partial charge in [-0.25, -0.2) is 0 Å². The van der Waals surface area contributed by atoms with Crippen LogP contribution in [0.1, 0.15) is 12.2 Å². The largest absolute Gasteiger partial charge is 0.468 e. The molecule has 2 aromatic carbocycles. The van der Waals surface area contributed by atoms with E-state index in [0.29, 0.717) is 0 Å². The molecule has 0 aliphatic carbocycles. The van der Waals surface area contributed by atoms with E-state index in [9.17, 15) is 0 Å². The summed E-state index contributed by atoms with van der Waals surface area (Å²) >= 11 is 0. The van der Waals surface area contributed by atoms with E-state index in [0.717, 1.165) is 65.6 Å². The van der Waals surface area contributed by atoms with Gasteiger partial charge in [-0.3, -0.25) is 4.98 Å². The summed E-state index contributed by atoms with van der Waals surface area (Å²) in [7, 11) is 4.03. The third-order valence-corrected chi connectivity index (χ3v) is 5.01. The highest BCUT2D eigenvalue weighted by Crippen LogP contribution is 2.29. The van der Waals surface area contributed by atoms with Crippen molar-refractivity contribution < 1.29 is 9.15 Å². The Morgan fingerprint density at radius 2 is 1.87 bits per heavy atom. The van der Waals surface area contributed by atoms with Crippen molar-refractivity contribution >= 4 is 22.3 Å². The molecule has 2 N–H and O–H groups in total. The van der Waals surface area contributed by atoms with Gasteiger partial charge in [-0.05, 0) is 55.4 Å². The number of furan rings is 1. The number of fused-ring (bicyclic) bond motifs is 1. The molecule has 6 nitrogen and oxygen atoms in total. The monoisotopic (exact) mass is 416 g/mol. The highest BCUT2D eigenvalue weighted by Gasteiger charge is 2.06. The fourth-order valence-corrected chi connectivity index (χ4v) is 3.37. The van der Waals surface area contributed by atoms with Crippen LogP contribution in [0.4, 0.5) is 11.4 Å². The number of nitrogens with one attached hydrogen (secondary N) is 2. The minimum Gasteiger partial charge on any atom is -0.468 e. The molecule has 160 valence electrons. The van der Waals surface area contributed by atoms with Gasteiger partial charge in [0.2, 0.25) is 0 Å². The molecular weight excluding hydrogens is 388 g/mol. The number of hydrogen-bond acceptors (Lipinski definition) is 6. The van der Waals surface area contributed by atoms with E-state index in [1.54, 1.807) is 6.26 Å². The average molecular weight is 417 g/mol. The van der Waals surface area contributed by atoms with Gasteiger partial charge in [0.15, 0.2) is 0 Å². The molecule has 4 aromatic rings. The van der Waals surface area contributed by atoms with Crippen LogP contribution in [-0.4, -0.2) is 32.2 Å². The smallest absolute Gasteiger partial charge is 0.129 e. The summed E-state index contributed by atoms with van der Waals surface area (Å²) in [6, 6.07) is 20.0. The molecule has 6 heteroatoms. The van der Waals surface area contributed by atoms with Crippen LogP contribution in [0, 0.1) is 0 Å². The van der Waals surface area contributed by atoms with Gasteiger partial charge < -0.3 is 24.7 Å². The quantitative estimate of drug-likeness (QED) is 0.343. The van der Waals surface area contributed by atoms with Crippen LogP contribution in [0.15, 0.2) is 77.5 Å². The fourth-order valence-electron chi connectivity index (χ4n) is 3.37. The second-order valence-electron chi connectivity index (χ2n) is 7.57. The molecule has 0 atom stereocenters. The molecule has 0 saturated heterocycles. The molecule has 0 amide bonds. The van der Waals surface area contributed by atoms with E-state index >= 15 is 0 Å². The van der Waals surface area contributed by atoms with Crippen molar-refractivity contribution in [2.45, 2.75) is 13.0 Å². The third-order valence-electron chi connectivity index (χ3n) is 5.01. The van der Waals surface area contributed by atoms with Crippen molar-refractivity contribution in [1.29, 1.82) is 0 Å².